The van der Waals surface area contributed by atoms with E-state index in [4.69, 9.17) is 5.11 Å². The Morgan fingerprint density at radius 1 is 0.852 bits per heavy atom. The highest BCUT2D eigenvalue weighted by Gasteiger charge is 2.31. The third-order valence-corrected chi connectivity index (χ3v) is 4.66. The molecule has 0 spiro atoms. The molecular formula is C21H24N2O4. The molecule has 0 atom stereocenters. The van der Waals surface area contributed by atoms with Crippen molar-refractivity contribution in [3.63, 3.8) is 0 Å². The summed E-state index contributed by atoms with van der Waals surface area (Å²) < 4.78 is 0. The number of nitrogens with one attached hydrogen (secondary N) is 2. The largest absolute Gasteiger partial charge is 0.481 e. The molecule has 27 heavy (non-hydrogen) atoms. The van der Waals surface area contributed by atoms with Gasteiger partial charge in [0.2, 0.25) is 0 Å². The predicted octanol–water partition coefficient (Wildman–Crippen LogP) is 3.70. The van der Waals surface area contributed by atoms with Crippen molar-refractivity contribution in [1.29, 1.82) is 0 Å². The van der Waals surface area contributed by atoms with Crippen molar-refractivity contribution in [3.05, 3.63) is 65.7 Å². The Bertz CT molecular complexity index is 797. The minimum absolute atomic E-state index is 0.136. The fraction of sp³-hybridized carbons (Fsp3) is 0.286. The van der Waals surface area contributed by atoms with Crippen LogP contribution in [0.1, 0.15) is 53.8 Å². The van der Waals surface area contributed by atoms with Gasteiger partial charge < -0.3 is 15.7 Å². The van der Waals surface area contributed by atoms with Gasteiger partial charge in [-0.3, -0.25) is 14.4 Å². The number of carbonyl (C=O) groups is 3. The molecule has 0 aliphatic rings. The maximum Gasteiger partial charge on any atom is 0.305 e. The van der Waals surface area contributed by atoms with Gasteiger partial charge in [0.05, 0.1) is 12.0 Å². The van der Waals surface area contributed by atoms with Crippen LogP contribution in [0.25, 0.3) is 0 Å². The minimum Gasteiger partial charge on any atom is -0.481 e. The highest BCUT2D eigenvalue weighted by Crippen LogP contribution is 2.21. The number of carbonyl (C=O) groups excluding carboxylic acids is 2. The molecule has 0 fully saturated rings. The van der Waals surface area contributed by atoms with Gasteiger partial charge in [-0.25, -0.2) is 0 Å². The SMILES string of the molecule is CCC(CC)(CC(=O)O)NC(=O)c1ccc(C(=O)Nc2ccccc2)cc1. The number of benzene rings is 2. The topological polar surface area (TPSA) is 95.5 Å². The molecule has 2 aromatic carbocycles. The first-order chi connectivity index (χ1) is 12.9. The van der Waals surface area contributed by atoms with Gasteiger partial charge in [-0.1, -0.05) is 32.0 Å². The summed E-state index contributed by atoms with van der Waals surface area (Å²) in [6.45, 7) is 3.70. The first kappa shape index (κ1) is 20.2. The molecule has 0 aliphatic heterocycles. The summed E-state index contributed by atoms with van der Waals surface area (Å²) in [5.74, 6) is -1.57. The van der Waals surface area contributed by atoms with E-state index in [1.54, 1.807) is 36.4 Å². The van der Waals surface area contributed by atoms with Crippen LogP contribution in [-0.4, -0.2) is 28.4 Å². The van der Waals surface area contributed by atoms with E-state index in [0.717, 1.165) is 0 Å². The van der Waals surface area contributed by atoms with Crippen LogP contribution in [0.2, 0.25) is 0 Å². The molecule has 0 saturated carbocycles. The van der Waals surface area contributed by atoms with Crippen molar-refractivity contribution < 1.29 is 19.5 Å². The number of carboxylic acids is 1. The molecule has 0 heterocycles. The second kappa shape index (κ2) is 8.98. The molecular weight excluding hydrogens is 344 g/mol. The number of para-hydroxylation sites is 1. The van der Waals surface area contributed by atoms with E-state index < -0.39 is 11.5 Å². The van der Waals surface area contributed by atoms with Crippen LogP contribution in [0.15, 0.2) is 54.6 Å². The molecule has 0 saturated heterocycles. The summed E-state index contributed by atoms with van der Waals surface area (Å²) in [7, 11) is 0. The summed E-state index contributed by atoms with van der Waals surface area (Å²) in [5, 5.41) is 14.7. The van der Waals surface area contributed by atoms with Gasteiger partial charge in [-0.05, 0) is 49.2 Å². The Kier molecular flexibility index (Phi) is 6.71. The fourth-order valence-electron chi connectivity index (χ4n) is 2.82. The molecule has 0 aromatic heterocycles. The molecule has 6 heteroatoms. The van der Waals surface area contributed by atoms with Gasteiger partial charge in [0.15, 0.2) is 0 Å². The van der Waals surface area contributed by atoms with Crippen molar-refractivity contribution >= 4 is 23.5 Å². The molecule has 142 valence electrons. The summed E-state index contributed by atoms with van der Waals surface area (Å²) >= 11 is 0. The molecule has 3 N–H and O–H groups in total. The monoisotopic (exact) mass is 368 g/mol. The average molecular weight is 368 g/mol. The molecule has 2 amide bonds. The number of hydrogen-bond donors (Lipinski definition) is 3. The Hall–Kier alpha value is -3.15. The van der Waals surface area contributed by atoms with Crippen LogP contribution in [-0.2, 0) is 4.79 Å². The lowest BCUT2D eigenvalue weighted by Crippen LogP contribution is -2.49. The van der Waals surface area contributed by atoms with Crippen LogP contribution < -0.4 is 10.6 Å². The average Bonchev–Trinajstić information content (AvgIpc) is 2.67. The van der Waals surface area contributed by atoms with E-state index in [1.807, 2.05) is 32.0 Å². The van der Waals surface area contributed by atoms with E-state index in [2.05, 4.69) is 10.6 Å². The lowest BCUT2D eigenvalue weighted by atomic mass is 9.88. The van der Waals surface area contributed by atoms with Gasteiger partial charge in [-0.15, -0.1) is 0 Å². The molecule has 2 aromatic rings. The van der Waals surface area contributed by atoms with Crippen molar-refractivity contribution in [1.82, 2.24) is 5.32 Å². The van der Waals surface area contributed by atoms with Crippen LogP contribution in [0.5, 0.6) is 0 Å². The van der Waals surface area contributed by atoms with Crippen LogP contribution in [0.3, 0.4) is 0 Å². The van der Waals surface area contributed by atoms with Crippen LogP contribution in [0.4, 0.5) is 5.69 Å². The van der Waals surface area contributed by atoms with Crippen molar-refractivity contribution in [2.75, 3.05) is 5.32 Å². The van der Waals surface area contributed by atoms with E-state index >= 15 is 0 Å². The maximum absolute atomic E-state index is 12.5. The number of rotatable bonds is 8. The number of amides is 2. The Balaban J connectivity index is 2.08. The summed E-state index contributed by atoms with van der Waals surface area (Å²) in [5.41, 5.74) is 0.710. The zero-order valence-corrected chi connectivity index (χ0v) is 15.5. The normalized spacial score (nSPS) is 10.9. The van der Waals surface area contributed by atoms with Crippen molar-refractivity contribution in [2.24, 2.45) is 0 Å². The van der Waals surface area contributed by atoms with Crippen molar-refractivity contribution in [2.45, 2.75) is 38.6 Å². The lowest BCUT2D eigenvalue weighted by molar-refractivity contribution is -0.138. The zero-order chi connectivity index (χ0) is 19.9. The van der Waals surface area contributed by atoms with E-state index in [9.17, 15) is 14.4 Å². The zero-order valence-electron chi connectivity index (χ0n) is 15.5. The Labute approximate surface area is 158 Å². The smallest absolute Gasteiger partial charge is 0.305 e. The highest BCUT2D eigenvalue weighted by atomic mass is 16.4. The lowest BCUT2D eigenvalue weighted by Gasteiger charge is -2.31. The molecule has 6 nitrogen and oxygen atoms in total. The number of carboxylic acid groups (broad SMARTS) is 1. The van der Waals surface area contributed by atoms with Crippen LogP contribution >= 0.6 is 0 Å². The summed E-state index contributed by atoms with van der Waals surface area (Å²) in [6, 6.07) is 15.4. The Morgan fingerprint density at radius 2 is 1.37 bits per heavy atom. The Morgan fingerprint density at radius 3 is 1.85 bits per heavy atom. The van der Waals surface area contributed by atoms with E-state index in [-0.39, 0.29) is 18.2 Å². The highest BCUT2D eigenvalue weighted by molar-refractivity contribution is 6.05. The number of aliphatic carboxylic acids is 1. The second-order valence-electron chi connectivity index (χ2n) is 6.41. The van der Waals surface area contributed by atoms with Gasteiger partial charge in [-0.2, -0.15) is 0 Å². The fourth-order valence-corrected chi connectivity index (χ4v) is 2.82. The number of anilines is 1. The number of hydrogen-bond acceptors (Lipinski definition) is 3. The third kappa shape index (κ3) is 5.41. The van der Waals surface area contributed by atoms with Gasteiger partial charge >= 0.3 is 5.97 Å². The second-order valence-corrected chi connectivity index (χ2v) is 6.41. The van der Waals surface area contributed by atoms with E-state index in [0.29, 0.717) is 29.7 Å². The molecule has 0 bridgehead atoms. The van der Waals surface area contributed by atoms with Gasteiger partial charge in [0.1, 0.15) is 0 Å². The summed E-state index contributed by atoms with van der Waals surface area (Å²) in [6.07, 6.45) is 0.890. The van der Waals surface area contributed by atoms with Crippen LogP contribution in [0, 0.1) is 0 Å². The molecule has 0 aliphatic carbocycles. The molecule has 0 radical (unpaired) electrons. The maximum atomic E-state index is 12.5. The van der Waals surface area contributed by atoms with Gasteiger partial charge in [0.25, 0.3) is 11.8 Å². The first-order valence-electron chi connectivity index (χ1n) is 8.90. The molecule has 2 rings (SSSR count). The third-order valence-electron chi connectivity index (χ3n) is 4.66. The quantitative estimate of drug-likeness (QED) is 0.662. The van der Waals surface area contributed by atoms with E-state index in [1.165, 1.54) is 0 Å². The van der Waals surface area contributed by atoms with Gasteiger partial charge in [0, 0.05) is 16.8 Å². The van der Waals surface area contributed by atoms with Crippen molar-refractivity contribution in [3.8, 4) is 0 Å². The molecule has 0 unspecified atom stereocenters. The summed E-state index contributed by atoms with van der Waals surface area (Å²) in [4.78, 5) is 35.9. The standard InChI is InChI=1S/C21H24N2O4/c1-3-21(4-2,14-18(24)25)23-20(27)16-12-10-15(11-13-16)19(26)22-17-8-6-5-7-9-17/h5-13H,3-4,14H2,1-2H3,(H,22,26)(H,23,27)(H,24,25). The first-order valence-corrected chi connectivity index (χ1v) is 8.90. The predicted molar refractivity (Wildman–Crippen MR) is 104 cm³/mol. The minimum atomic E-state index is -0.952.